The Bertz CT molecular complexity index is 489. The summed E-state index contributed by atoms with van der Waals surface area (Å²) >= 11 is 5.85. The molecule has 0 aromatic heterocycles. The van der Waals surface area contributed by atoms with Crippen molar-refractivity contribution in [2.75, 3.05) is 0 Å². The summed E-state index contributed by atoms with van der Waals surface area (Å²) in [5.41, 5.74) is 0.829. The van der Waals surface area contributed by atoms with E-state index in [0.29, 0.717) is 11.4 Å². The number of benzene rings is 1. The lowest BCUT2D eigenvalue weighted by Crippen LogP contribution is -2.40. The fourth-order valence-corrected chi connectivity index (χ4v) is 2.73. The van der Waals surface area contributed by atoms with E-state index in [0.717, 1.165) is 18.4 Å². The van der Waals surface area contributed by atoms with Crippen LogP contribution in [0.15, 0.2) is 24.3 Å². The molecule has 1 saturated carbocycles. The zero-order chi connectivity index (χ0) is 13.8. The molecule has 1 aromatic rings. The van der Waals surface area contributed by atoms with Gasteiger partial charge in [-0.3, -0.25) is 9.59 Å². The number of carboxylic acids is 1. The van der Waals surface area contributed by atoms with Gasteiger partial charge in [-0.2, -0.15) is 0 Å². The normalized spacial score (nSPS) is 22.2. The van der Waals surface area contributed by atoms with Gasteiger partial charge in [-0.05, 0) is 30.5 Å². The van der Waals surface area contributed by atoms with Gasteiger partial charge in [0.1, 0.15) is 0 Å². The van der Waals surface area contributed by atoms with Crippen LogP contribution in [-0.2, 0) is 16.0 Å². The maximum atomic E-state index is 11.9. The van der Waals surface area contributed by atoms with E-state index in [4.69, 9.17) is 16.7 Å². The van der Waals surface area contributed by atoms with Gasteiger partial charge in [-0.15, -0.1) is 0 Å². The number of carboxylic acid groups (broad SMARTS) is 1. The highest BCUT2D eigenvalue weighted by Crippen LogP contribution is 2.25. The minimum Gasteiger partial charge on any atom is -0.481 e. The topological polar surface area (TPSA) is 66.4 Å². The molecular weight excluding hydrogens is 266 g/mol. The molecule has 1 aliphatic rings. The third-order valence-corrected chi connectivity index (χ3v) is 3.67. The van der Waals surface area contributed by atoms with E-state index in [9.17, 15) is 9.59 Å². The summed E-state index contributed by atoms with van der Waals surface area (Å²) in [7, 11) is 0. The van der Waals surface area contributed by atoms with Crippen LogP contribution in [0.1, 0.15) is 24.8 Å². The molecular formula is C14H16ClNO3. The predicted octanol–water partition coefficient (Wildman–Crippen LogP) is 2.25. The Labute approximate surface area is 116 Å². The van der Waals surface area contributed by atoms with Crippen LogP contribution in [0.5, 0.6) is 0 Å². The number of carbonyl (C=O) groups is 2. The van der Waals surface area contributed by atoms with Crippen LogP contribution in [-0.4, -0.2) is 23.0 Å². The highest BCUT2D eigenvalue weighted by Gasteiger charge is 2.33. The third kappa shape index (κ3) is 3.70. The Morgan fingerprint density at radius 2 is 2.16 bits per heavy atom. The third-order valence-electron chi connectivity index (χ3n) is 3.43. The molecule has 0 bridgehead atoms. The standard InChI is InChI=1S/C14H16ClNO3/c15-10-4-1-3-9(7-10)8-13(17)16-12-6-2-5-11(12)14(18)19/h1,3-4,7,11-12H,2,5-6,8H2,(H,16,17)(H,18,19)/t11-,12+/m1/s1. The number of nitrogens with one attached hydrogen (secondary N) is 1. The van der Waals surface area contributed by atoms with Crippen LogP contribution < -0.4 is 5.32 Å². The molecule has 4 nitrogen and oxygen atoms in total. The van der Waals surface area contributed by atoms with Crippen LogP contribution in [0.3, 0.4) is 0 Å². The molecule has 0 heterocycles. The number of carbonyl (C=O) groups excluding carboxylic acids is 1. The van der Waals surface area contributed by atoms with Gasteiger partial charge >= 0.3 is 5.97 Å². The van der Waals surface area contributed by atoms with Crippen molar-refractivity contribution in [3.8, 4) is 0 Å². The second-order valence-electron chi connectivity index (χ2n) is 4.86. The van der Waals surface area contributed by atoms with Crippen LogP contribution >= 0.6 is 11.6 Å². The van der Waals surface area contributed by atoms with Crippen molar-refractivity contribution in [2.45, 2.75) is 31.7 Å². The van der Waals surface area contributed by atoms with E-state index >= 15 is 0 Å². The first-order valence-electron chi connectivity index (χ1n) is 6.33. The van der Waals surface area contributed by atoms with Gasteiger partial charge in [-0.1, -0.05) is 30.2 Å². The Morgan fingerprint density at radius 3 is 2.84 bits per heavy atom. The molecule has 102 valence electrons. The molecule has 0 radical (unpaired) electrons. The highest BCUT2D eigenvalue weighted by atomic mass is 35.5. The van der Waals surface area contributed by atoms with Crippen molar-refractivity contribution < 1.29 is 14.7 Å². The van der Waals surface area contributed by atoms with Crippen molar-refractivity contribution in [1.82, 2.24) is 5.32 Å². The summed E-state index contributed by atoms with van der Waals surface area (Å²) < 4.78 is 0. The van der Waals surface area contributed by atoms with Crippen LogP contribution in [0.25, 0.3) is 0 Å². The largest absolute Gasteiger partial charge is 0.481 e. The molecule has 2 N–H and O–H groups in total. The van der Waals surface area contributed by atoms with Gasteiger partial charge in [-0.25, -0.2) is 0 Å². The van der Waals surface area contributed by atoms with E-state index in [1.807, 2.05) is 6.07 Å². The van der Waals surface area contributed by atoms with E-state index in [-0.39, 0.29) is 18.4 Å². The predicted molar refractivity (Wildman–Crippen MR) is 72.1 cm³/mol. The fourth-order valence-electron chi connectivity index (χ4n) is 2.52. The lowest BCUT2D eigenvalue weighted by molar-refractivity contribution is -0.142. The van der Waals surface area contributed by atoms with Crippen molar-refractivity contribution in [2.24, 2.45) is 5.92 Å². The maximum absolute atomic E-state index is 11.9. The zero-order valence-electron chi connectivity index (χ0n) is 10.4. The second kappa shape index (κ2) is 6.06. The summed E-state index contributed by atoms with van der Waals surface area (Å²) in [6.45, 7) is 0. The zero-order valence-corrected chi connectivity index (χ0v) is 11.2. The molecule has 2 atom stereocenters. The molecule has 1 amide bonds. The molecule has 2 rings (SSSR count). The first-order chi connectivity index (χ1) is 9.06. The first kappa shape index (κ1) is 13.9. The monoisotopic (exact) mass is 281 g/mol. The van der Waals surface area contributed by atoms with E-state index in [1.165, 1.54) is 0 Å². The first-order valence-corrected chi connectivity index (χ1v) is 6.70. The molecule has 0 saturated heterocycles. The number of rotatable bonds is 4. The quantitative estimate of drug-likeness (QED) is 0.889. The van der Waals surface area contributed by atoms with Crippen LogP contribution in [0.4, 0.5) is 0 Å². The number of aliphatic carboxylic acids is 1. The van der Waals surface area contributed by atoms with Gasteiger partial charge in [0.05, 0.1) is 12.3 Å². The second-order valence-corrected chi connectivity index (χ2v) is 5.29. The fraction of sp³-hybridized carbons (Fsp3) is 0.429. The van der Waals surface area contributed by atoms with Crippen molar-refractivity contribution in [3.63, 3.8) is 0 Å². The number of halogens is 1. The Kier molecular flexibility index (Phi) is 4.43. The summed E-state index contributed by atoms with van der Waals surface area (Å²) in [4.78, 5) is 22.9. The minimum absolute atomic E-state index is 0.152. The van der Waals surface area contributed by atoms with Crippen molar-refractivity contribution >= 4 is 23.5 Å². The molecule has 0 spiro atoms. The summed E-state index contributed by atoms with van der Waals surface area (Å²) in [5, 5.41) is 12.5. The molecule has 0 unspecified atom stereocenters. The SMILES string of the molecule is O=C(Cc1cccc(Cl)c1)N[C@H]1CCC[C@H]1C(=O)O. The van der Waals surface area contributed by atoms with Gasteiger partial charge in [0.2, 0.25) is 5.91 Å². The molecule has 1 aromatic carbocycles. The Hall–Kier alpha value is -1.55. The number of hydrogen-bond acceptors (Lipinski definition) is 2. The highest BCUT2D eigenvalue weighted by molar-refractivity contribution is 6.30. The minimum atomic E-state index is -0.828. The molecule has 5 heteroatoms. The van der Waals surface area contributed by atoms with Crippen molar-refractivity contribution in [3.05, 3.63) is 34.9 Å². The Morgan fingerprint density at radius 1 is 1.37 bits per heavy atom. The van der Waals surface area contributed by atoms with E-state index < -0.39 is 11.9 Å². The van der Waals surface area contributed by atoms with Gasteiger partial charge < -0.3 is 10.4 Å². The molecule has 1 aliphatic carbocycles. The lowest BCUT2D eigenvalue weighted by atomic mass is 10.0. The summed E-state index contributed by atoms with van der Waals surface area (Å²) in [6.07, 6.45) is 2.44. The van der Waals surface area contributed by atoms with E-state index in [1.54, 1.807) is 18.2 Å². The van der Waals surface area contributed by atoms with Crippen LogP contribution in [0.2, 0.25) is 5.02 Å². The summed E-state index contributed by atoms with van der Waals surface area (Å²) in [5.74, 6) is -1.44. The van der Waals surface area contributed by atoms with E-state index in [2.05, 4.69) is 5.32 Å². The van der Waals surface area contributed by atoms with Gasteiger partial charge in [0, 0.05) is 11.1 Å². The molecule has 0 aliphatic heterocycles. The van der Waals surface area contributed by atoms with Gasteiger partial charge in [0.25, 0.3) is 0 Å². The number of amides is 1. The van der Waals surface area contributed by atoms with Crippen LogP contribution in [0, 0.1) is 5.92 Å². The van der Waals surface area contributed by atoms with Crippen molar-refractivity contribution in [1.29, 1.82) is 0 Å². The summed E-state index contributed by atoms with van der Waals surface area (Å²) in [6, 6.07) is 6.87. The maximum Gasteiger partial charge on any atom is 0.308 e. The molecule has 1 fully saturated rings. The van der Waals surface area contributed by atoms with Gasteiger partial charge in [0.15, 0.2) is 0 Å². The average molecular weight is 282 g/mol. The Balaban J connectivity index is 1.92. The lowest BCUT2D eigenvalue weighted by Gasteiger charge is -2.17. The average Bonchev–Trinajstić information content (AvgIpc) is 2.76. The molecule has 19 heavy (non-hydrogen) atoms. The smallest absolute Gasteiger partial charge is 0.308 e. The number of hydrogen-bond donors (Lipinski definition) is 2.